The number of nitrogens with zero attached hydrogens (tertiary/aromatic N) is 1. The highest BCUT2D eigenvalue weighted by Gasteiger charge is 2.60. The Kier molecular flexibility index (Phi) is 4.22. The Hall–Kier alpha value is -0.690. The van der Waals surface area contributed by atoms with Gasteiger partial charge in [0.1, 0.15) is 0 Å². The van der Waals surface area contributed by atoms with E-state index in [1.807, 2.05) is 0 Å². The number of aliphatic hydroxyl groups excluding tert-OH is 2. The van der Waals surface area contributed by atoms with Crippen LogP contribution < -0.4 is 5.73 Å². The maximum absolute atomic E-state index is 12.7. The Morgan fingerprint density at radius 1 is 1.14 bits per heavy atom. The molecule has 4 fully saturated rings. The van der Waals surface area contributed by atoms with Crippen molar-refractivity contribution in [1.29, 1.82) is 0 Å². The molecule has 22 heavy (non-hydrogen) atoms. The summed E-state index contributed by atoms with van der Waals surface area (Å²) in [5.41, 5.74) is 5.43. The Morgan fingerprint density at radius 2 is 1.68 bits per heavy atom. The van der Waals surface area contributed by atoms with Crippen LogP contribution in [0.3, 0.4) is 0 Å². The molecule has 4 aliphatic rings. The summed E-state index contributed by atoms with van der Waals surface area (Å²) < 4.78 is 0. The predicted molar refractivity (Wildman–Crippen MR) is 80.8 cm³/mol. The van der Waals surface area contributed by atoms with Gasteiger partial charge in [-0.3, -0.25) is 4.79 Å². The van der Waals surface area contributed by atoms with Gasteiger partial charge < -0.3 is 26.0 Å². The van der Waals surface area contributed by atoms with Crippen molar-refractivity contribution >= 4 is 5.91 Å². The number of nitrogens with two attached hydrogens (primary N) is 1. The molecular formula is C16H28N2O4. The largest absolute Gasteiger partial charge is 0.395 e. The second kappa shape index (κ2) is 5.74. The predicted octanol–water partition coefficient (Wildman–Crippen LogP) is -0.542. The first kappa shape index (κ1) is 16.2. The minimum absolute atomic E-state index is 0.138. The van der Waals surface area contributed by atoms with Gasteiger partial charge in [0.2, 0.25) is 5.91 Å². The Labute approximate surface area is 131 Å². The van der Waals surface area contributed by atoms with Crippen molar-refractivity contribution in [3.63, 3.8) is 0 Å². The summed E-state index contributed by atoms with van der Waals surface area (Å²) in [5.74, 6) is 0.761. The maximum Gasteiger partial charge on any atom is 0.240 e. The molecule has 4 saturated carbocycles. The molecule has 4 rings (SSSR count). The third-order valence-corrected chi connectivity index (χ3v) is 6.05. The summed E-state index contributed by atoms with van der Waals surface area (Å²) in [6.07, 6.45) is 5.32. The second-order valence-electron chi connectivity index (χ2n) is 7.80. The number of carbonyl (C=O) groups excluding carboxylic acids is 1. The van der Waals surface area contributed by atoms with Crippen LogP contribution in [0.15, 0.2) is 0 Å². The van der Waals surface area contributed by atoms with Gasteiger partial charge in [-0.2, -0.15) is 0 Å². The molecule has 1 amide bonds. The summed E-state index contributed by atoms with van der Waals surface area (Å²) in [7, 11) is 0. The summed E-state index contributed by atoms with van der Waals surface area (Å²) in [5, 5.41) is 29.0. The van der Waals surface area contributed by atoms with E-state index in [2.05, 4.69) is 0 Å². The van der Waals surface area contributed by atoms with Gasteiger partial charge in [-0.05, 0) is 55.8 Å². The first-order valence-electron chi connectivity index (χ1n) is 8.40. The highest BCUT2D eigenvalue weighted by Crippen LogP contribution is 2.62. The van der Waals surface area contributed by atoms with Gasteiger partial charge in [0.15, 0.2) is 0 Å². The van der Waals surface area contributed by atoms with Crippen LogP contribution in [0.1, 0.15) is 38.5 Å². The third kappa shape index (κ3) is 2.66. The second-order valence-corrected chi connectivity index (χ2v) is 7.80. The minimum Gasteiger partial charge on any atom is -0.395 e. The lowest BCUT2D eigenvalue weighted by molar-refractivity contribution is -0.177. The number of hydrogen-bond acceptors (Lipinski definition) is 5. The zero-order valence-corrected chi connectivity index (χ0v) is 13.1. The molecule has 0 aromatic rings. The van der Waals surface area contributed by atoms with Gasteiger partial charge in [-0.25, -0.2) is 0 Å². The highest BCUT2D eigenvalue weighted by atomic mass is 16.3. The first-order valence-corrected chi connectivity index (χ1v) is 8.40. The molecule has 0 aliphatic heterocycles. The molecule has 126 valence electrons. The highest BCUT2D eigenvalue weighted by molar-refractivity contribution is 5.82. The normalized spacial score (nSPS) is 40.7. The van der Waals surface area contributed by atoms with Crippen molar-refractivity contribution < 1.29 is 20.1 Å². The number of rotatable bonds is 6. The maximum atomic E-state index is 12.7. The van der Waals surface area contributed by atoms with E-state index >= 15 is 0 Å². The quantitative estimate of drug-likeness (QED) is 0.527. The van der Waals surface area contributed by atoms with Crippen LogP contribution in [-0.2, 0) is 4.79 Å². The molecule has 4 aliphatic carbocycles. The van der Waals surface area contributed by atoms with Crippen LogP contribution in [0, 0.1) is 17.3 Å². The summed E-state index contributed by atoms with van der Waals surface area (Å²) in [6.45, 7) is 0.113. The summed E-state index contributed by atoms with van der Waals surface area (Å²) in [4.78, 5) is 14.2. The van der Waals surface area contributed by atoms with E-state index in [9.17, 15) is 9.90 Å². The van der Waals surface area contributed by atoms with Gasteiger partial charge in [0.05, 0.1) is 24.9 Å². The molecule has 0 aromatic heterocycles. The van der Waals surface area contributed by atoms with Crippen LogP contribution >= 0.6 is 0 Å². The molecule has 0 saturated heterocycles. The van der Waals surface area contributed by atoms with Gasteiger partial charge >= 0.3 is 0 Å². The van der Waals surface area contributed by atoms with Crippen LogP contribution in [0.2, 0.25) is 0 Å². The zero-order valence-electron chi connectivity index (χ0n) is 13.1. The standard InChI is InChI=1S/C16H28N2O4/c17-13(14(21)18(1-3-19)2-4-20)15-6-11-5-12(7-15)9-16(22,8-11)10-15/h11-13,19-20,22H,1-10,17H2/t11-,12+,13-,15?,16?/m1/s1. The van der Waals surface area contributed by atoms with Crippen molar-refractivity contribution in [2.75, 3.05) is 26.3 Å². The topological polar surface area (TPSA) is 107 Å². The van der Waals surface area contributed by atoms with Crippen LogP contribution in [-0.4, -0.2) is 64.1 Å². The first-order chi connectivity index (χ1) is 10.4. The SMILES string of the molecule is N[C@H](C(=O)N(CCO)CCO)C12C[C@@H]3C[C@@H](CC(O)(C3)C1)C2. The Morgan fingerprint density at radius 3 is 2.14 bits per heavy atom. The molecule has 0 radical (unpaired) electrons. The number of hydrogen-bond donors (Lipinski definition) is 4. The van der Waals surface area contributed by atoms with Crippen molar-refractivity contribution in [1.82, 2.24) is 4.90 Å². The molecule has 0 aromatic carbocycles. The average Bonchev–Trinajstić information content (AvgIpc) is 2.43. The molecule has 0 heterocycles. The molecule has 5 N–H and O–H groups in total. The number of amides is 1. The van der Waals surface area contributed by atoms with E-state index < -0.39 is 11.6 Å². The van der Waals surface area contributed by atoms with Gasteiger partial charge in [-0.1, -0.05) is 0 Å². The smallest absolute Gasteiger partial charge is 0.240 e. The summed E-state index contributed by atoms with van der Waals surface area (Å²) >= 11 is 0. The van der Waals surface area contributed by atoms with E-state index in [0.29, 0.717) is 18.3 Å². The fourth-order valence-corrected chi connectivity index (χ4v) is 5.68. The minimum atomic E-state index is -0.650. The van der Waals surface area contributed by atoms with Crippen molar-refractivity contribution in [2.24, 2.45) is 23.0 Å². The van der Waals surface area contributed by atoms with Crippen LogP contribution in [0.5, 0.6) is 0 Å². The van der Waals surface area contributed by atoms with E-state index in [-0.39, 0.29) is 37.6 Å². The molecule has 5 atom stereocenters. The molecule has 6 nitrogen and oxygen atoms in total. The lowest BCUT2D eigenvalue weighted by Crippen LogP contribution is -2.64. The number of carbonyl (C=O) groups is 1. The van der Waals surface area contributed by atoms with Gasteiger partial charge in [-0.15, -0.1) is 0 Å². The van der Waals surface area contributed by atoms with E-state index in [4.69, 9.17) is 15.9 Å². The number of aliphatic hydroxyl groups is 3. The Balaban J connectivity index is 1.78. The third-order valence-electron chi connectivity index (χ3n) is 6.05. The molecular weight excluding hydrogens is 284 g/mol. The van der Waals surface area contributed by atoms with E-state index in [1.54, 1.807) is 0 Å². The molecule has 2 unspecified atom stereocenters. The van der Waals surface area contributed by atoms with E-state index in [1.165, 1.54) is 4.90 Å². The summed E-state index contributed by atoms with van der Waals surface area (Å²) in [6, 6.07) is -0.650. The van der Waals surface area contributed by atoms with Crippen molar-refractivity contribution in [2.45, 2.75) is 50.2 Å². The fraction of sp³-hybridized carbons (Fsp3) is 0.938. The van der Waals surface area contributed by atoms with Crippen molar-refractivity contribution in [3.8, 4) is 0 Å². The Bertz CT molecular complexity index is 422. The van der Waals surface area contributed by atoms with Gasteiger partial charge in [0.25, 0.3) is 0 Å². The van der Waals surface area contributed by atoms with Gasteiger partial charge in [0, 0.05) is 13.1 Å². The van der Waals surface area contributed by atoms with Crippen molar-refractivity contribution in [3.05, 3.63) is 0 Å². The fourth-order valence-electron chi connectivity index (χ4n) is 5.68. The lowest BCUT2D eigenvalue weighted by Gasteiger charge is -2.61. The zero-order chi connectivity index (χ0) is 16.0. The molecule has 4 bridgehead atoms. The monoisotopic (exact) mass is 312 g/mol. The lowest BCUT2D eigenvalue weighted by atomic mass is 9.46. The van der Waals surface area contributed by atoms with Crippen LogP contribution in [0.25, 0.3) is 0 Å². The molecule has 6 heteroatoms. The van der Waals surface area contributed by atoms with Crippen LogP contribution in [0.4, 0.5) is 0 Å². The average molecular weight is 312 g/mol. The molecule has 0 spiro atoms. The van der Waals surface area contributed by atoms with E-state index in [0.717, 1.165) is 32.1 Å².